The summed E-state index contributed by atoms with van der Waals surface area (Å²) >= 11 is 2.45. The van der Waals surface area contributed by atoms with E-state index in [0.29, 0.717) is 17.3 Å². The van der Waals surface area contributed by atoms with Crippen LogP contribution >= 0.6 is 23.5 Å². The largest absolute Gasteiger partial charge is 0.477 e. The van der Waals surface area contributed by atoms with Crippen LogP contribution in [0.25, 0.3) is 0 Å². The number of pyridine rings is 1. The molecule has 3 unspecified atom stereocenters. The summed E-state index contributed by atoms with van der Waals surface area (Å²) in [6.45, 7) is 0.505. The molecule has 1 fully saturated rings. The molecule has 0 radical (unpaired) electrons. The van der Waals surface area contributed by atoms with E-state index in [9.17, 15) is 32.5 Å². The molecule has 3 N–H and O–H groups in total. The smallest absolute Gasteiger partial charge is 0.352 e. The Kier molecular flexibility index (Phi) is 8.12. The average molecular weight is 619 g/mol. The number of nitrogens with zero attached hydrogens (tertiary/aromatic N) is 6. The number of aryl methyl sites for hydroxylation is 1. The molecule has 214 valence electrons. The Morgan fingerprint density at radius 2 is 1.93 bits per heavy atom. The van der Waals surface area contributed by atoms with Crippen LogP contribution in [0.5, 0.6) is 0 Å². The minimum Gasteiger partial charge on any atom is -0.477 e. The molecule has 1 aromatic carbocycles. The van der Waals surface area contributed by atoms with E-state index < -0.39 is 44.6 Å². The van der Waals surface area contributed by atoms with Crippen molar-refractivity contribution in [3.63, 3.8) is 0 Å². The van der Waals surface area contributed by atoms with Crippen molar-refractivity contribution in [1.82, 2.24) is 30.4 Å². The zero-order valence-corrected chi connectivity index (χ0v) is 23.8. The van der Waals surface area contributed by atoms with Gasteiger partial charge in [-0.05, 0) is 21.6 Å². The molecule has 3 aromatic rings. The number of nitrogens with one attached hydrogen (secondary N) is 1. The molecule has 5 rings (SSSR count). The monoisotopic (exact) mass is 618 g/mol. The summed E-state index contributed by atoms with van der Waals surface area (Å²) in [5, 5.41) is 21.1. The molecule has 0 spiro atoms. The Hall–Kier alpha value is -3.80. The number of thioether (sulfide) groups is 2. The number of rotatable bonds is 10. The Morgan fingerprint density at radius 1 is 1.22 bits per heavy atom. The van der Waals surface area contributed by atoms with Gasteiger partial charge in [0, 0.05) is 36.2 Å². The maximum atomic E-state index is 13.1. The lowest BCUT2D eigenvalue weighted by atomic mass is 10.0. The van der Waals surface area contributed by atoms with Crippen molar-refractivity contribution in [2.24, 2.45) is 7.05 Å². The normalized spacial score (nSPS) is 19.4. The van der Waals surface area contributed by atoms with E-state index in [4.69, 9.17) is 0 Å². The van der Waals surface area contributed by atoms with Gasteiger partial charge in [0.05, 0.1) is 0 Å². The molecule has 2 aliphatic heterocycles. The number of aromatic nitrogens is 5. The van der Waals surface area contributed by atoms with Crippen molar-refractivity contribution < 1.29 is 37.0 Å². The van der Waals surface area contributed by atoms with Gasteiger partial charge in [-0.15, -0.1) is 16.9 Å². The fourth-order valence-electron chi connectivity index (χ4n) is 4.53. The molecular weight excluding hydrogens is 595 g/mol. The van der Waals surface area contributed by atoms with Crippen molar-refractivity contribution in [2.45, 2.75) is 28.4 Å². The van der Waals surface area contributed by atoms with Crippen molar-refractivity contribution in [1.29, 1.82) is 0 Å². The zero-order valence-electron chi connectivity index (χ0n) is 21.4. The van der Waals surface area contributed by atoms with Crippen LogP contribution in [-0.2, 0) is 38.1 Å². The Morgan fingerprint density at radius 3 is 2.54 bits per heavy atom. The summed E-state index contributed by atoms with van der Waals surface area (Å²) in [7, 11) is -3.26. The van der Waals surface area contributed by atoms with E-state index in [1.807, 2.05) is 35.2 Å². The molecule has 0 aliphatic carbocycles. The molecule has 0 bridgehead atoms. The molecule has 2 amide bonds. The molecule has 4 heterocycles. The van der Waals surface area contributed by atoms with E-state index in [1.165, 1.54) is 40.3 Å². The fourth-order valence-corrected chi connectivity index (χ4v) is 7.70. The summed E-state index contributed by atoms with van der Waals surface area (Å²) in [4.78, 5) is 39.4. The van der Waals surface area contributed by atoms with Crippen LogP contribution < -0.4 is 9.88 Å². The SMILES string of the molecule is Cn1nnnc1SCC1=C(C(=O)O)N2C(=O)C(NC(=O)C(c3ccc(C[n+]4ccccc4)cc3)S(=O)(=O)O)C2SC1. The predicted octanol–water partition coefficient (Wildman–Crippen LogP) is 0.00570. The average Bonchev–Trinajstić information content (AvgIpc) is 3.35. The number of carbonyl (C=O) groups excluding carboxylic acids is 2. The van der Waals surface area contributed by atoms with E-state index >= 15 is 0 Å². The van der Waals surface area contributed by atoms with Crippen molar-refractivity contribution in [3.05, 3.63) is 77.3 Å². The summed E-state index contributed by atoms with van der Waals surface area (Å²) in [5.74, 6) is -2.61. The first-order valence-electron chi connectivity index (χ1n) is 12.1. The van der Waals surface area contributed by atoms with Gasteiger partial charge in [0.15, 0.2) is 24.2 Å². The molecule has 3 atom stereocenters. The maximum Gasteiger partial charge on any atom is 0.352 e. The van der Waals surface area contributed by atoms with Crippen LogP contribution in [0.4, 0.5) is 0 Å². The first-order chi connectivity index (χ1) is 19.5. The van der Waals surface area contributed by atoms with Crippen LogP contribution in [0.2, 0.25) is 0 Å². The molecule has 2 aliphatic rings. The van der Waals surface area contributed by atoms with E-state index in [0.717, 1.165) is 10.5 Å². The number of carboxylic acid groups (broad SMARTS) is 1. The number of hydrogen-bond donors (Lipinski definition) is 3. The minimum atomic E-state index is -4.90. The highest BCUT2D eigenvalue weighted by atomic mass is 32.2. The second-order valence-corrected chi connectivity index (χ2v) is 12.8. The van der Waals surface area contributed by atoms with Gasteiger partial charge in [-0.3, -0.25) is 19.0 Å². The van der Waals surface area contributed by atoms with Crippen LogP contribution in [0, 0.1) is 0 Å². The van der Waals surface area contributed by atoms with E-state index in [2.05, 4.69) is 20.8 Å². The number of amides is 2. The van der Waals surface area contributed by atoms with Gasteiger partial charge in [0.1, 0.15) is 17.1 Å². The number of carboxylic acids is 1. The number of carbonyl (C=O) groups is 3. The maximum absolute atomic E-state index is 13.1. The lowest BCUT2D eigenvalue weighted by molar-refractivity contribution is -0.688. The number of β-lactam (4-membered cyclic amide) rings is 1. The third-order valence-corrected chi connectivity index (χ3v) is 9.98. The lowest BCUT2D eigenvalue weighted by Crippen LogP contribution is -2.71. The summed E-state index contributed by atoms with van der Waals surface area (Å²) in [6, 6.07) is 10.6. The van der Waals surface area contributed by atoms with Crippen LogP contribution in [0.1, 0.15) is 16.4 Å². The topological polar surface area (TPSA) is 189 Å². The first-order valence-corrected chi connectivity index (χ1v) is 15.6. The van der Waals surface area contributed by atoms with Gasteiger partial charge in [0.25, 0.3) is 16.0 Å². The van der Waals surface area contributed by atoms with Gasteiger partial charge in [-0.1, -0.05) is 42.1 Å². The second kappa shape index (κ2) is 11.6. The molecular formula is C24H24N7O7S3+. The van der Waals surface area contributed by atoms with Crippen molar-refractivity contribution in [3.8, 4) is 0 Å². The molecule has 2 aromatic heterocycles. The highest BCUT2D eigenvalue weighted by molar-refractivity contribution is 8.01. The quantitative estimate of drug-likeness (QED) is 0.120. The van der Waals surface area contributed by atoms with Gasteiger partial charge in [-0.2, -0.15) is 8.42 Å². The van der Waals surface area contributed by atoms with Gasteiger partial charge < -0.3 is 10.4 Å². The van der Waals surface area contributed by atoms with E-state index in [1.54, 1.807) is 19.2 Å². The highest BCUT2D eigenvalue weighted by Gasteiger charge is 2.55. The standard InChI is InChI=1S/C24H23N7O7S3/c1-29-24(26-27-28-29)40-13-16-12-39-22-17(21(33)31(22)18(16)23(34)35)25-20(32)19(41(36,37)38)15-7-5-14(6-8-15)11-30-9-3-2-4-10-30/h2-10,17,19,22H,11-13H2,1H3,(H2-,25,32,34,35,36,37,38)/p+1. The lowest BCUT2D eigenvalue weighted by Gasteiger charge is -2.49. The highest BCUT2D eigenvalue weighted by Crippen LogP contribution is 2.41. The fraction of sp³-hybridized carbons (Fsp3) is 0.292. The number of aliphatic carboxylic acids is 1. The number of tetrazole rings is 1. The van der Waals surface area contributed by atoms with Crippen molar-refractivity contribution >= 4 is 51.4 Å². The van der Waals surface area contributed by atoms with Gasteiger partial charge >= 0.3 is 5.97 Å². The minimum absolute atomic E-state index is 0.0235. The second-order valence-electron chi connectivity index (χ2n) is 9.21. The molecule has 0 saturated carbocycles. The molecule has 41 heavy (non-hydrogen) atoms. The Bertz CT molecular complexity index is 1630. The van der Waals surface area contributed by atoms with Gasteiger partial charge in [-0.25, -0.2) is 14.0 Å². The van der Waals surface area contributed by atoms with Crippen molar-refractivity contribution in [2.75, 3.05) is 11.5 Å². The first kappa shape index (κ1) is 28.7. The number of fused-ring (bicyclic) bond motifs is 1. The predicted molar refractivity (Wildman–Crippen MR) is 146 cm³/mol. The Labute approximate surface area is 242 Å². The zero-order chi connectivity index (χ0) is 29.3. The Balaban J connectivity index is 1.30. The number of hydrogen-bond acceptors (Lipinski definition) is 10. The summed E-state index contributed by atoms with van der Waals surface area (Å²) in [6.07, 6.45) is 3.74. The van der Waals surface area contributed by atoms with Crippen LogP contribution in [-0.4, -0.2) is 83.9 Å². The van der Waals surface area contributed by atoms with Gasteiger partial charge in [0.2, 0.25) is 11.1 Å². The summed E-state index contributed by atoms with van der Waals surface area (Å²) in [5.41, 5.74) is 1.15. The van der Waals surface area contributed by atoms with E-state index in [-0.39, 0.29) is 22.8 Å². The molecule has 17 heteroatoms. The van der Waals surface area contributed by atoms with Crippen LogP contribution in [0.3, 0.4) is 0 Å². The molecule has 14 nitrogen and oxygen atoms in total. The number of benzene rings is 1. The summed E-state index contributed by atoms with van der Waals surface area (Å²) < 4.78 is 37.8. The third kappa shape index (κ3) is 5.97. The molecule has 1 saturated heterocycles. The third-order valence-electron chi connectivity index (χ3n) is 6.47. The van der Waals surface area contributed by atoms with Crippen LogP contribution in [0.15, 0.2) is 71.3 Å².